The maximum atomic E-state index is 13.3. The average Bonchev–Trinajstić information content (AvgIpc) is 3.26. The number of nitrogens with two attached hydrogens (primary N) is 1. The summed E-state index contributed by atoms with van der Waals surface area (Å²) in [5.74, 6) is -0.313. The van der Waals surface area contributed by atoms with Crippen molar-refractivity contribution in [3.8, 4) is 11.3 Å². The summed E-state index contributed by atoms with van der Waals surface area (Å²) >= 11 is 6.01. The van der Waals surface area contributed by atoms with Crippen LogP contribution in [0.2, 0.25) is 5.02 Å². The molecule has 1 unspecified atom stereocenters. The fourth-order valence-corrected chi connectivity index (χ4v) is 4.53. The van der Waals surface area contributed by atoms with Gasteiger partial charge in [0.25, 0.3) is 5.91 Å². The van der Waals surface area contributed by atoms with Gasteiger partial charge in [-0.15, -0.1) is 0 Å². The van der Waals surface area contributed by atoms with Crippen LogP contribution in [-0.2, 0) is 4.79 Å². The van der Waals surface area contributed by atoms with Crippen LogP contribution in [0.4, 0.5) is 4.79 Å². The number of halogens is 1. The molecule has 1 saturated heterocycles. The molecule has 0 radical (unpaired) electrons. The first-order chi connectivity index (χ1) is 15.9. The third-order valence-electron chi connectivity index (χ3n) is 6.32. The summed E-state index contributed by atoms with van der Waals surface area (Å²) in [6.07, 6.45) is 2.92. The fraction of sp³-hybridized carbons (Fsp3) is 0.478. The first-order valence-electron chi connectivity index (χ1n) is 11.3. The van der Waals surface area contributed by atoms with Crippen molar-refractivity contribution in [3.05, 3.63) is 41.0 Å². The predicted molar refractivity (Wildman–Crippen MR) is 125 cm³/mol. The number of nitrogens with zero attached hydrogens (tertiary/aromatic N) is 5. The monoisotopic (exact) mass is 472 g/mol. The molecule has 1 aromatic carbocycles. The zero-order chi connectivity index (χ0) is 23.5. The van der Waals surface area contributed by atoms with Crippen molar-refractivity contribution < 1.29 is 14.4 Å². The predicted octanol–water partition coefficient (Wildman–Crippen LogP) is 2.61. The fourth-order valence-electron chi connectivity index (χ4n) is 4.40. The highest BCUT2D eigenvalue weighted by Crippen LogP contribution is 2.29. The number of aromatic nitrogens is 2. The van der Waals surface area contributed by atoms with Gasteiger partial charge in [0.05, 0.1) is 11.7 Å². The van der Waals surface area contributed by atoms with Crippen molar-refractivity contribution in [2.24, 2.45) is 5.73 Å². The second-order valence-electron chi connectivity index (χ2n) is 8.55. The van der Waals surface area contributed by atoms with Gasteiger partial charge in [-0.05, 0) is 24.6 Å². The number of carbonyl (C=O) groups is 3. The van der Waals surface area contributed by atoms with Gasteiger partial charge in [0.15, 0.2) is 0 Å². The molecule has 1 fully saturated rings. The summed E-state index contributed by atoms with van der Waals surface area (Å²) in [4.78, 5) is 42.4. The van der Waals surface area contributed by atoms with Crippen LogP contribution in [0, 0.1) is 0 Å². The summed E-state index contributed by atoms with van der Waals surface area (Å²) < 4.78 is 1.83. The zero-order valence-electron chi connectivity index (χ0n) is 18.7. The number of hydrogen-bond acceptors (Lipinski definition) is 4. The van der Waals surface area contributed by atoms with E-state index >= 15 is 0 Å². The molecule has 2 aliphatic rings. The van der Waals surface area contributed by atoms with E-state index in [1.807, 2.05) is 16.8 Å². The molecule has 10 heteroatoms. The van der Waals surface area contributed by atoms with E-state index in [4.69, 9.17) is 22.4 Å². The van der Waals surface area contributed by atoms with Gasteiger partial charge in [0.2, 0.25) is 5.91 Å². The molecule has 33 heavy (non-hydrogen) atoms. The third-order valence-corrected chi connectivity index (χ3v) is 6.57. The Morgan fingerprint density at radius 1 is 1.12 bits per heavy atom. The number of fused-ring (bicyclic) bond motifs is 1. The van der Waals surface area contributed by atoms with Gasteiger partial charge in [0.1, 0.15) is 12.2 Å². The van der Waals surface area contributed by atoms with Gasteiger partial charge in [-0.3, -0.25) is 14.3 Å². The number of primary amides is 1. The Bertz CT molecular complexity index is 1030. The van der Waals surface area contributed by atoms with E-state index < -0.39 is 6.03 Å². The number of piperazine rings is 1. The Kier molecular flexibility index (Phi) is 6.88. The van der Waals surface area contributed by atoms with Crippen LogP contribution in [0.25, 0.3) is 11.3 Å². The van der Waals surface area contributed by atoms with Gasteiger partial charge >= 0.3 is 6.03 Å². The van der Waals surface area contributed by atoms with Crippen LogP contribution in [0.1, 0.15) is 42.7 Å². The lowest BCUT2D eigenvalue weighted by Gasteiger charge is -2.37. The lowest BCUT2D eigenvalue weighted by atomic mass is 10.1. The van der Waals surface area contributed by atoms with Crippen molar-refractivity contribution in [2.45, 2.75) is 32.2 Å². The molecule has 4 amide bonds. The number of rotatable bonds is 6. The Morgan fingerprint density at radius 3 is 2.42 bits per heavy atom. The molecular formula is C23H29ClN6O3. The van der Waals surface area contributed by atoms with E-state index in [2.05, 4.69) is 6.92 Å². The standard InChI is InChI=1S/C23H29ClN6O3/c1-2-3-4-18-14-29(15-21(31)27-9-11-28(12-10-27)23(25)33)22(32)20-13-19(26-30(18)20)16-5-7-17(24)8-6-16/h5-8,13,18H,2-4,9-12,14-15H2,1H3,(H2,25,33). The van der Waals surface area contributed by atoms with Crippen LogP contribution in [0.3, 0.4) is 0 Å². The number of urea groups is 1. The molecule has 0 spiro atoms. The zero-order valence-corrected chi connectivity index (χ0v) is 19.5. The molecule has 176 valence electrons. The third kappa shape index (κ3) is 4.98. The Balaban J connectivity index is 1.52. The van der Waals surface area contributed by atoms with E-state index in [1.54, 1.807) is 28.0 Å². The summed E-state index contributed by atoms with van der Waals surface area (Å²) in [6.45, 7) is 4.24. The van der Waals surface area contributed by atoms with E-state index in [0.29, 0.717) is 49.1 Å². The number of hydrogen-bond donors (Lipinski definition) is 1. The molecule has 0 saturated carbocycles. The van der Waals surface area contributed by atoms with Crippen molar-refractivity contribution in [1.82, 2.24) is 24.5 Å². The van der Waals surface area contributed by atoms with Crippen LogP contribution in [-0.4, -0.2) is 81.6 Å². The van der Waals surface area contributed by atoms with Gasteiger partial charge in [-0.25, -0.2) is 4.79 Å². The first kappa shape index (κ1) is 23.1. The lowest BCUT2D eigenvalue weighted by molar-refractivity contribution is -0.133. The highest BCUT2D eigenvalue weighted by atomic mass is 35.5. The van der Waals surface area contributed by atoms with Crippen molar-refractivity contribution in [2.75, 3.05) is 39.3 Å². The first-order valence-corrected chi connectivity index (χ1v) is 11.7. The Morgan fingerprint density at radius 2 is 1.79 bits per heavy atom. The number of amides is 4. The Labute approximate surface area is 198 Å². The van der Waals surface area contributed by atoms with Crippen molar-refractivity contribution in [3.63, 3.8) is 0 Å². The maximum absolute atomic E-state index is 13.3. The second-order valence-corrected chi connectivity index (χ2v) is 8.99. The molecule has 3 heterocycles. The minimum atomic E-state index is -0.475. The second kappa shape index (κ2) is 9.82. The minimum absolute atomic E-state index is 0.0122. The smallest absolute Gasteiger partial charge is 0.314 e. The topological polar surface area (TPSA) is 105 Å². The van der Waals surface area contributed by atoms with E-state index in [-0.39, 0.29) is 24.4 Å². The highest BCUT2D eigenvalue weighted by Gasteiger charge is 2.35. The van der Waals surface area contributed by atoms with Crippen molar-refractivity contribution >= 4 is 29.4 Å². The summed E-state index contributed by atoms with van der Waals surface area (Å²) in [5.41, 5.74) is 7.43. The van der Waals surface area contributed by atoms with Gasteiger partial charge in [0, 0.05) is 43.3 Å². The van der Waals surface area contributed by atoms with Crippen LogP contribution in [0.15, 0.2) is 30.3 Å². The normalized spacial score (nSPS) is 18.4. The number of unbranched alkanes of at least 4 members (excludes halogenated alkanes) is 1. The van der Waals surface area contributed by atoms with E-state index in [9.17, 15) is 14.4 Å². The summed E-state index contributed by atoms with van der Waals surface area (Å²) in [7, 11) is 0. The molecule has 4 rings (SSSR count). The van der Waals surface area contributed by atoms with E-state index in [0.717, 1.165) is 24.8 Å². The van der Waals surface area contributed by atoms with Crippen LogP contribution in [0.5, 0.6) is 0 Å². The highest BCUT2D eigenvalue weighted by molar-refractivity contribution is 6.30. The number of benzene rings is 1. The molecule has 0 bridgehead atoms. The molecular weight excluding hydrogens is 444 g/mol. The molecule has 2 N–H and O–H groups in total. The quantitative estimate of drug-likeness (QED) is 0.697. The molecule has 1 atom stereocenters. The molecule has 0 aliphatic carbocycles. The molecule has 2 aromatic rings. The largest absolute Gasteiger partial charge is 0.351 e. The molecule has 9 nitrogen and oxygen atoms in total. The number of carbonyl (C=O) groups excluding carboxylic acids is 3. The molecule has 2 aliphatic heterocycles. The maximum Gasteiger partial charge on any atom is 0.314 e. The lowest BCUT2D eigenvalue weighted by Crippen LogP contribution is -2.55. The summed E-state index contributed by atoms with van der Waals surface area (Å²) in [6, 6.07) is 8.70. The van der Waals surface area contributed by atoms with Crippen LogP contribution < -0.4 is 5.73 Å². The van der Waals surface area contributed by atoms with Crippen molar-refractivity contribution in [1.29, 1.82) is 0 Å². The summed E-state index contributed by atoms with van der Waals surface area (Å²) in [5, 5.41) is 5.38. The average molecular weight is 473 g/mol. The van der Waals surface area contributed by atoms with Gasteiger partial charge in [-0.2, -0.15) is 5.10 Å². The Hall–Kier alpha value is -3.07. The van der Waals surface area contributed by atoms with Gasteiger partial charge < -0.3 is 20.4 Å². The van der Waals surface area contributed by atoms with E-state index in [1.165, 1.54) is 4.90 Å². The SMILES string of the molecule is CCCCC1CN(CC(=O)N2CCN(C(N)=O)CC2)C(=O)c2cc(-c3ccc(Cl)cc3)nn21. The minimum Gasteiger partial charge on any atom is -0.351 e. The van der Waals surface area contributed by atoms with Gasteiger partial charge in [-0.1, -0.05) is 43.5 Å². The molecule has 1 aromatic heterocycles. The van der Waals surface area contributed by atoms with Crippen LogP contribution >= 0.6 is 11.6 Å².